The Morgan fingerprint density at radius 3 is 2.34 bits per heavy atom. The molecule has 0 saturated carbocycles. The average Bonchev–Trinajstić information content (AvgIpc) is 3.24. The zero-order valence-corrected chi connectivity index (χ0v) is 16.6. The summed E-state index contributed by atoms with van der Waals surface area (Å²) in [5.74, 6) is -1.14. The van der Waals surface area contributed by atoms with Crippen molar-refractivity contribution < 1.29 is 27.2 Å². The molecular weight excluding hydrogens is 394 g/mol. The van der Waals surface area contributed by atoms with Crippen LogP contribution < -0.4 is 4.72 Å². The largest absolute Gasteiger partial charge is 0.463 e. The predicted molar refractivity (Wildman–Crippen MR) is 105 cm³/mol. The van der Waals surface area contributed by atoms with Gasteiger partial charge in [-0.15, -0.1) is 0 Å². The first-order valence-corrected chi connectivity index (χ1v) is 10.2. The zero-order valence-electron chi connectivity index (χ0n) is 15.8. The highest BCUT2D eigenvalue weighted by molar-refractivity contribution is 7.89. The summed E-state index contributed by atoms with van der Waals surface area (Å²) in [5, 5.41) is -0.402. The van der Waals surface area contributed by atoms with E-state index in [1.807, 2.05) is 6.07 Å². The minimum atomic E-state index is -4.02. The Morgan fingerprint density at radius 1 is 0.966 bits per heavy atom. The van der Waals surface area contributed by atoms with Gasteiger partial charge in [0, 0.05) is 17.2 Å². The lowest BCUT2D eigenvalue weighted by molar-refractivity contribution is 0.0559. The van der Waals surface area contributed by atoms with Crippen LogP contribution >= 0.6 is 0 Å². The maximum Gasteiger partial charge on any atom is 0.374 e. The van der Waals surface area contributed by atoms with Gasteiger partial charge in [0.1, 0.15) is 0 Å². The molecule has 7 nitrogen and oxygen atoms in total. The van der Waals surface area contributed by atoms with E-state index in [2.05, 4.69) is 9.46 Å². The maximum absolute atomic E-state index is 12.6. The Hall–Kier alpha value is -3.23. The van der Waals surface area contributed by atoms with Gasteiger partial charge in [-0.3, -0.25) is 4.79 Å². The number of hydrogen-bond acceptors (Lipinski definition) is 6. The molecule has 2 aromatic carbocycles. The van der Waals surface area contributed by atoms with Crippen LogP contribution in [0.4, 0.5) is 0 Å². The molecular formula is C21H19NO6S. The first-order valence-electron chi connectivity index (χ1n) is 8.72. The number of rotatable bonds is 7. The molecule has 0 amide bonds. The number of hydrogen-bond donors (Lipinski definition) is 1. The van der Waals surface area contributed by atoms with Crippen molar-refractivity contribution in [3.63, 3.8) is 0 Å². The second kappa shape index (κ2) is 8.42. The highest BCUT2D eigenvalue weighted by atomic mass is 32.2. The monoisotopic (exact) mass is 413 g/mol. The number of ether oxygens (including phenoxy) is 1. The molecule has 3 aromatic rings. The lowest BCUT2D eigenvalue weighted by atomic mass is 9.99. The molecule has 150 valence electrons. The van der Waals surface area contributed by atoms with E-state index in [0.717, 1.165) is 0 Å². The van der Waals surface area contributed by atoms with Crippen molar-refractivity contribution in [1.82, 2.24) is 4.72 Å². The topological polar surface area (TPSA) is 103 Å². The normalized spacial score (nSPS) is 12.3. The van der Waals surface area contributed by atoms with Gasteiger partial charge in [-0.2, -0.15) is 0 Å². The quantitative estimate of drug-likeness (QED) is 0.471. The van der Waals surface area contributed by atoms with Gasteiger partial charge >= 0.3 is 5.97 Å². The van der Waals surface area contributed by atoms with Gasteiger partial charge in [-0.25, -0.2) is 17.9 Å². The van der Waals surface area contributed by atoms with Crippen molar-refractivity contribution in [1.29, 1.82) is 0 Å². The fourth-order valence-corrected chi connectivity index (χ4v) is 3.90. The molecule has 1 aromatic heterocycles. The fraction of sp³-hybridized carbons (Fsp3) is 0.143. The van der Waals surface area contributed by atoms with Crippen LogP contribution in [0.2, 0.25) is 0 Å². The van der Waals surface area contributed by atoms with Gasteiger partial charge in [0.15, 0.2) is 5.78 Å². The van der Waals surface area contributed by atoms with Gasteiger partial charge < -0.3 is 9.15 Å². The van der Waals surface area contributed by atoms with Crippen LogP contribution in [-0.4, -0.2) is 27.3 Å². The van der Waals surface area contributed by atoms with Gasteiger partial charge in [0.05, 0.1) is 7.11 Å². The summed E-state index contributed by atoms with van der Waals surface area (Å²) in [6.07, 6.45) is 0. The highest BCUT2D eigenvalue weighted by Gasteiger charge is 2.24. The molecule has 0 aliphatic rings. The van der Waals surface area contributed by atoms with Crippen molar-refractivity contribution in [3.05, 3.63) is 89.2 Å². The number of ketones is 1. The lowest BCUT2D eigenvalue weighted by Gasteiger charge is -2.14. The molecule has 0 spiro atoms. The third-order valence-corrected chi connectivity index (χ3v) is 5.66. The Morgan fingerprint density at radius 2 is 1.66 bits per heavy atom. The summed E-state index contributed by atoms with van der Waals surface area (Å²) in [5.41, 5.74) is 1.60. The van der Waals surface area contributed by atoms with Crippen LogP contribution in [0.1, 0.15) is 45.0 Å². The van der Waals surface area contributed by atoms with Gasteiger partial charge in [-0.1, -0.05) is 48.5 Å². The van der Waals surface area contributed by atoms with E-state index in [1.165, 1.54) is 19.2 Å². The van der Waals surface area contributed by atoms with Crippen molar-refractivity contribution in [2.75, 3.05) is 7.11 Å². The van der Waals surface area contributed by atoms with Crippen LogP contribution in [0.15, 0.2) is 76.2 Å². The number of methoxy groups -OCH3 is 1. The number of benzene rings is 2. The number of carbonyl (C=O) groups excluding carboxylic acids is 2. The Kier molecular flexibility index (Phi) is 5.95. The van der Waals surface area contributed by atoms with Gasteiger partial charge in [-0.05, 0) is 30.7 Å². The number of sulfonamides is 1. The van der Waals surface area contributed by atoms with E-state index < -0.39 is 27.1 Å². The number of nitrogens with one attached hydrogen (secondary N) is 1. The molecule has 0 radical (unpaired) electrons. The van der Waals surface area contributed by atoms with E-state index >= 15 is 0 Å². The number of furan rings is 1. The Balaban J connectivity index is 1.80. The maximum atomic E-state index is 12.6. The molecule has 0 aliphatic carbocycles. The summed E-state index contributed by atoms with van der Waals surface area (Å²) >= 11 is 0. The molecule has 8 heteroatoms. The van der Waals surface area contributed by atoms with Gasteiger partial charge in [0.2, 0.25) is 10.9 Å². The van der Waals surface area contributed by atoms with E-state index in [0.29, 0.717) is 16.7 Å². The first kappa shape index (κ1) is 20.5. The minimum Gasteiger partial charge on any atom is -0.463 e. The van der Waals surface area contributed by atoms with Crippen molar-refractivity contribution in [2.24, 2.45) is 0 Å². The molecule has 3 rings (SSSR count). The van der Waals surface area contributed by atoms with Crippen molar-refractivity contribution in [3.8, 4) is 0 Å². The Labute approximate surface area is 168 Å². The summed E-state index contributed by atoms with van der Waals surface area (Å²) in [4.78, 5) is 24.1. The van der Waals surface area contributed by atoms with Crippen molar-refractivity contribution in [2.45, 2.75) is 18.1 Å². The minimum absolute atomic E-state index is 0.156. The molecule has 0 fully saturated rings. The van der Waals surface area contributed by atoms with Crippen LogP contribution in [0.25, 0.3) is 0 Å². The predicted octanol–water partition coefficient (Wildman–Crippen LogP) is 3.34. The zero-order chi connectivity index (χ0) is 21.0. The molecule has 1 heterocycles. The van der Waals surface area contributed by atoms with Crippen LogP contribution in [0.3, 0.4) is 0 Å². The molecule has 0 saturated heterocycles. The summed E-state index contributed by atoms with van der Waals surface area (Å²) in [6, 6.07) is 17.3. The van der Waals surface area contributed by atoms with Crippen molar-refractivity contribution >= 4 is 21.8 Å². The molecule has 29 heavy (non-hydrogen) atoms. The van der Waals surface area contributed by atoms with E-state index in [-0.39, 0.29) is 11.5 Å². The number of carbonyl (C=O) groups is 2. The molecule has 1 atom stereocenters. The third-order valence-electron chi connectivity index (χ3n) is 4.25. The fourth-order valence-electron chi connectivity index (χ4n) is 2.74. The molecule has 0 unspecified atom stereocenters. The SMILES string of the molecule is COC(=O)c1ccc(S(=O)(=O)N[C@H](C)c2cccc(C(=O)c3ccccc3)c2)o1. The molecule has 0 aliphatic heterocycles. The second-order valence-corrected chi connectivity index (χ2v) is 7.92. The molecule has 1 N–H and O–H groups in total. The van der Waals surface area contributed by atoms with E-state index in [9.17, 15) is 18.0 Å². The molecule has 0 bridgehead atoms. The lowest BCUT2D eigenvalue weighted by Crippen LogP contribution is -2.26. The Bertz CT molecular complexity index is 1130. The summed E-state index contributed by atoms with van der Waals surface area (Å²) in [6.45, 7) is 1.65. The standard InChI is InChI=1S/C21H19NO6S/c1-14(22-29(25,26)19-12-11-18(28-19)21(24)27-2)16-9-6-10-17(13-16)20(23)15-7-4-3-5-8-15/h3-14,22H,1-2H3/t14-/m1/s1. The second-order valence-electron chi connectivity index (χ2n) is 6.27. The van der Waals surface area contributed by atoms with Crippen LogP contribution in [0, 0.1) is 0 Å². The highest BCUT2D eigenvalue weighted by Crippen LogP contribution is 2.21. The average molecular weight is 413 g/mol. The summed E-state index contributed by atoms with van der Waals surface area (Å²) in [7, 11) is -2.85. The number of esters is 1. The van der Waals surface area contributed by atoms with E-state index in [1.54, 1.807) is 55.5 Å². The smallest absolute Gasteiger partial charge is 0.374 e. The van der Waals surface area contributed by atoms with Crippen LogP contribution in [-0.2, 0) is 14.8 Å². The van der Waals surface area contributed by atoms with Gasteiger partial charge in [0.25, 0.3) is 10.0 Å². The third kappa shape index (κ3) is 4.61. The van der Waals surface area contributed by atoms with Crippen LogP contribution in [0.5, 0.6) is 0 Å². The summed E-state index contributed by atoms with van der Waals surface area (Å²) < 4.78 is 37.2. The first-order chi connectivity index (χ1) is 13.8. The van der Waals surface area contributed by atoms with E-state index in [4.69, 9.17) is 4.42 Å².